The largest absolute Gasteiger partial charge is 0.459 e. The molecule has 0 aliphatic carbocycles. The van der Waals surface area contributed by atoms with Crippen LogP contribution in [0.4, 0.5) is 4.79 Å². The number of hydrogen-bond acceptors (Lipinski definition) is 3. The normalized spacial score (nSPS) is 14.1. The van der Waals surface area contributed by atoms with Crippen LogP contribution in [0.15, 0.2) is 34.7 Å². The second-order valence-corrected chi connectivity index (χ2v) is 4.61. The summed E-state index contributed by atoms with van der Waals surface area (Å²) in [7, 11) is 0. The Kier molecular flexibility index (Phi) is 4.06. The molecule has 19 heavy (non-hydrogen) atoms. The monoisotopic (exact) mass is 262 g/mol. The Morgan fingerprint density at radius 3 is 2.74 bits per heavy atom. The SMILES string of the molecule is C[C@@H](CO)NC(=O)N[C@H](C)c1cc2ccccc2o1. The number of amides is 2. The first-order valence-corrected chi connectivity index (χ1v) is 6.26. The summed E-state index contributed by atoms with van der Waals surface area (Å²) in [5.74, 6) is 0.702. The average molecular weight is 262 g/mol. The molecule has 5 nitrogen and oxygen atoms in total. The van der Waals surface area contributed by atoms with Crippen LogP contribution in [0.1, 0.15) is 25.6 Å². The Morgan fingerprint density at radius 2 is 2.05 bits per heavy atom. The molecule has 0 unspecified atom stereocenters. The van der Waals surface area contributed by atoms with Gasteiger partial charge in [-0.2, -0.15) is 0 Å². The number of benzene rings is 1. The van der Waals surface area contributed by atoms with Crippen molar-refractivity contribution < 1.29 is 14.3 Å². The number of hydrogen-bond donors (Lipinski definition) is 3. The molecular weight excluding hydrogens is 244 g/mol. The molecule has 0 saturated heterocycles. The quantitative estimate of drug-likeness (QED) is 0.790. The van der Waals surface area contributed by atoms with Crippen molar-refractivity contribution in [1.29, 1.82) is 0 Å². The molecule has 0 aliphatic heterocycles. The maximum Gasteiger partial charge on any atom is 0.315 e. The summed E-state index contributed by atoms with van der Waals surface area (Å²) >= 11 is 0. The van der Waals surface area contributed by atoms with E-state index in [-0.39, 0.29) is 24.7 Å². The first-order valence-electron chi connectivity index (χ1n) is 6.26. The number of nitrogens with one attached hydrogen (secondary N) is 2. The number of carbonyl (C=O) groups excluding carboxylic acids is 1. The molecule has 0 fully saturated rings. The lowest BCUT2D eigenvalue weighted by Crippen LogP contribution is -2.43. The van der Waals surface area contributed by atoms with Gasteiger partial charge in [-0.25, -0.2) is 4.79 Å². The number of fused-ring (bicyclic) bond motifs is 1. The number of urea groups is 1. The summed E-state index contributed by atoms with van der Waals surface area (Å²) < 4.78 is 5.67. The molecule has 102 valence electrons. The summed E-state index contributed by atoms with van der Waals surface area (Å²) in [6.45, 7) is 3.48. The molecule has 0 bridgehead atoms. The highest BCUT2D eigenvalue weighted by Crippen LogP contribution is 2.23. The predicted molar refractivity (Wildman–Crippen MR) is 72.8 cm³/mol. The van der Waals surface area contributed by atoms with Crippen LogP contribution in [0.5, 0.6) is 0 Å². The molecule has 2 aromatic rings. The first kappa shape index (κ1) is 13.4. The van der Waals surface area contributed by atoms with E-state index in [1.807, 2.05) is 37.3 Å². The third-order valence-corrected chi connectivity index (χ3v) is 2.87. The average Bonchev–Trinajstić information content (AvgIpc) is 2.82. The second kappa shape index (κ2) is 5.75. The summed E-state index contributed by atoms with van der Waals surface area (Å²) in [4.78, 5) is 11.6. The van der Waals surface area contributed by atoms with Crippen molar-refractivity contribution in [3.05, 3.63) is 36.1 Å². The number of rotatable bonds is 4. The van der Waals surface area contributed by atoms with Crippen molar-refractivity contribution >= 4 is 17.0 Å². The van der Waals surface area contributed by atoms with Gasteiger partial charge in [0.15, 0.2) is 0 Å². The van der Waals surface area contributed by atoms with E-state index in [0.717, 1.165) is 11.0 Å². The molecule has 2 amide bonds. The van der Waals surface area contributed by atoms with Gasteiger partial charge in [0.1, 0.15) is 11.3 Å². The van der Waals surface area contributed by atoms with Crippen molar-refractivity contribution in [2.24, 2.45) is 0 Å². The van der Waals surface area contributed by atoms with Gasteiger partial charge in [0.2, 0.25) is 0 Å². The van der Waals surface area contributed by atoms with Crippen LogP contribution in [0, 0.1) is 0 Å². The molecule has 1 aromatic heterocycles. The lowest BCUT2D eigenvalue weighted by molar-refractivity contribution is 0.217. The fourth-order valence-electron chi connectivity index (χ4n) is 1.79. The van der Waals surface area contributed by atoms with E-state index in [9.17, 15) is 4.79 Å². The standard InChI is InChI=1S/C14H18N2O3/c1-9(8-17)15-14(18)16-10(2)13-7-11-5-3-4-6-12(11)19-13/h3-7,9-10,17H,8H2,1-2H3,(H2,15,16,18)/t9-,10+/m0/s1. The number of aliphatic hydroxyl groups is 1. The van der Waals surface area contributed by atoms with E-state index in [4.69, 9.17) is 9.52 Å². The first-order chi connectivity index (χ1) is 9.10. The minimum Gasteiger partial charge on any atom is -0.459 e. The Morgan fingerprint density at radius 1 is 1.32 bits per heavy atom. The predicted octanol–water partition coefficient (Wildman–Crippen LogP) is 2.17. The van der Waals surface area contributed by atoms with E-state index in [2.05, 4.69) is 10.6 Å². The summed E-state index contributed by atoms with van der Waals surface area (Å²) in [5.41, 5.74) is 0.801. The van der Waals surface area contributed by atoms with Gasteiger partial charge >= 0.3 is 6.03 Å². The minimum atomic E-state index is -0.325. The molecule has 5 heteroatoms. The highest BCUT2D eigenvalue weighted by molar-refractivity contribution is 5.78. The molecule has 2 atom stereocenters. The van der Waals surface area contributed by atoms with Gasteiger partial charge in [0, 0.05) is 5.39 Å². The van der Waals surface area contributed by atoms with E-state index in [1.165, 1.54) is 0 Å². The smallest absolute Gasteiger partial charge is 0.315 e. The molecule has 0 saturated carbocycles. The van der Waals surface area contributed by atoms with E-state index >= 15 is 0 Å². The van der Waals surface area contributed by atoms with Gasteiger partial charge in [-0.1, -0.05) is 18.2 Å². The molecule has 3 N–H and O–H groups in total. The lowest BCUT2D eigenvalue weighted by atomic mass is 10.2. The summed E-state index contributed by atoms with van der Waals surface area (Å²) in [6.07, 6.45) is 0. The zero-order chi connectivity index (χ0) is 13.8. The van der Waals surface area contributed by atoms with E-state index in [0.29, 0.717) is 5.76 Å². The van der Waals surface area contributed by atoms with Crippen molar-refractivity contribution in [3.63, 3.8) is 0 Å². The molecule has 0 radical (unpaired) electrons. The van der Waals surface area contributed by atoms with E-state index in [1.54, 1.807) is 6.92 Å². The van der Waals surface area contributed by atoms with Crippen molar-refractivity contribution in [1.82, 2.24) is 10.6 Å². The van der Waals surface area contributed by atoms with Gasteiger partial charge in [-0.3, -0.25) is 0 Å². The molecule has 1 heterocycles. The maximum absolute atomic E-state index is 11.6. The number of carbonyl (C=O) groups is 1. The van der Waals surface area contributed by atoms with Crippen LogP contribution in [0.3, 0.4) is 0 Å². The Labute approximate surface area is 111 Å². The van der Waals surface area contributed by atoms with Gasteiger partial charge in [-0.05, 0) is 26.0 Å². The summed E-state index contributed by atoms with van der Waals surface area (Å²) in [6, 6.07) is 8.77. The zero-order valence-electron chi connectivity index (χ0n) is 11.0. The van der Waals surface area contributed by atoms with E-state index < -0.39 is 0 Å². The Hall–Kier alpha value is -2.01. The number of para-hydroxylation sites is 1. The lowest BCUT2D eigenvalue weighted by Gasteiger charge is -2.15. The topological polar surface area (TPSA) is 74.5 Å². The Balaban J connectivity index is 2.03. The van der Waals surface area contributed by atoms with Crippen LogP contribution < -0.4 is 10.6 Å². The van der Waals surface area contributed by atoms with Crippen LogP contribution in [0.2, 0.25) is 0 Å². The van der Waals surface area contributed by atoms with Gasteiger partial charge < -0.3 is 20.2 Å². The maximum atomic E-state index is 11.6. The molecule has 0 spiro atoms. The number of furan rings is 1. The van der Waals surface area contributed by atoms with Gasteiger partial charge in [0.05, 0.1) is 18.7 Å². The summed E-state index contributed by atoms with van der Waals surface area (Å²) in [5, 5.41) is 15.3. The van der Waals surface area contributed by atoms with Gasteiger partial charge in [0.25, 0.3) is 0 Å². The van der Waals surface area contributed by atoms with Crippen LogP contribution in [-0.4, -0.2) is 23.8 Å². The molecule has 0 aliphatic rings. The number of aliphatic hydroxyl groups excluding tert-OH is 1. The molecule has 2 rings (SSSR count). The third kappa shape index (κ3) is 3.26. The molecular formula is C14H18N2O3. The molecule has 1 aromatic carbocycles. The van der Waals surface area contributed by atoms with Crippen LogP contribution in [-0.2, 0) is 0 Å². The van der Waals surface area contributed by atoms with Crippen molar-refractivity contribution in [2.45, 2.75) is 25.9 Å². The van der Waals surface area contributed by atoms with Crippen LogP contribution >= 0.6 is 0 Å². The fourth-order valence-corrected chi connectivity index (χ4v) is 1.79. The minimum absolute atomic E-state index is 0.0908. The third-order valence-electron chi connectivity index (χ3n) is 2.87. The van der Waals surface area contributed by atoms with Crippen molar-refractivity contribution in [3.8, 4) is 0 Å². The van der Waals surface area contributed by atoms with Gasteiger partial charge in [-0.15, -0.1) is 0 Å². The second-order valence-electron chi connectivity index (χ2n) is 4.61. The highest BCUT2D eigenvalue weighted by atomic mass is 16.3. The zero-order valence-corrected chi connectivity index (χ0v) is 11.0. The fraction of sp³-hybridized carbons (Fsp3) is 0.357. The van der Waals surface area contributed by atoms with Crippen molar-refractivity contribution in [2.75, 3.05) is 6.61 Å². The Bertz CT molecular complexity index is 532. The van der Waals surface area contributed by atoms with Crippen LogP contribution in [0.25, 0.3) is 11.0 Å². The highest BCUT2D eigenvalue weighted by Gasteiger charge is 2.14.